The highest BCUT2D eigenvalue weighted by molar-refractivity contribution is 6.35. The van der Waals surface area contributed by atoms with E-state index in [1.54, 1.807) is 0 Å². The fourth-order valence-corrected chi connectivity index (χ4v) is 4.05. The van der Waals surface area contributed by atoms with E-state index in [4.69, 9.17) is 28.9 Å². The van der Waals surface area contributed by atoms with Gasteiger partial charge in [-0.2, -0.15) is 0 Å². The topological polar surface area (TPSA) is 29.3 Å². The van der Waals surface area contributed by atoms with E-state index in [-0.39, 0.29) is 6.04 Å². The number of halogens is 2. The molecule has 1 saturated heterocycles. The molecule has 1 aromatic carbocycles. The number of nitrogens with zero attached hydrogens (tertiary/aromatic N) is 1. The number of hydrogen-bond donors (Lipinski definition) is 1. The van der Waals surface area contributed by atoms with Crippen LogP contribution in [0.5, 0.6) is 0 Å². The van der Waals surface area contributed by atoms with Gasteiger partial charge in [0.25, 0.3) is 0 Å². The van der Waals surface area contributed by atoms with Gasteiger partial charge in [-0.1, -0.05) is 56.0 Å². The van der Waals surface area contributed by atoms with Crippen LogP contribution < -0.4 is 5.73 Å². The SMILES string of the molecule is CCC1(CC)CCN(C(CN)c2ccc(Cl)cc2Cl)CC1. The molecule has 0 aromatic heterocycles. The van der Waals surface area contributed by atoms with E-state index in [1.165, 1.54) is 25.7 Å². The Labute approximate surface area is 138 Å². The minimum absolute atomic E-state index is 0.196. The van der Waals surface area contributed by atoms with Crippen LogP contribution in [0.4, 0.5) is 0 Å². The van der Waals surface area contributed by atoms with Gasteiger partial charge in [0.05, 0.1) is 0 Å². The lowest BCUT2D eigenvalue weighted by molar-refractivity contribution is 0.0680. The Balaban J connectivity index is 2.13. The monoisotopic (exact) mass is 328 g/mol. The Hall–Kier alpha value is -0.280. The van der Waals surface area contributed by atoms with Crippen molar-refractivity contribution in [2.45, 2.75) is 45.6 Å². The number of benzene rings is 1. The van der Waals surface area contributed by atoms with Gasteiger partial charge in [-0.05, 0) is 49.0 Å². The lowest BCUT2D eigenvalue weighted by Crippen LogP contribution is -2.43. The third kappa shape index (κ3) is 3.73. The Morgan fingerprint density at radius 1 is 1.19 bits per heavy atom. The van der Waals surface area contributed by atoms with Crippen molar-refractivity contribution in [1.82, 2.24) is 4.90 Å². The lowest BCUT2D eigenvalue weighted by atomic mass is 9.74. The van der Waals surface area contributed by atoms with Crippen LogP contribution in [0.2, 0.25) is 10.0 Å². The first-order chi connectivity index (χ1) is 10.0. The molecule has 1 heterocycles. The fourth-order valence-electron chi connectivity index (χ4n) is 3.51. The predicted octanol–water partition coefficient (Wildman–Crippen LogP) is 4.90. The Bertz CT molecular complexity index is 462. The summed E-state index contributed by atoms with van der Waals surface area (Å²) >= 11 is 12.4. The van der Waals surface area contributed by atoms with Gasteiger partial charge in [0, 0.05) is 22.6 Å². The molecule has 1 atom stereocenters. The number of nitrogens with two attached hydrogens (primary N) is 1. The average molecular weight is 329 g/mol. The molecule has 1 aliphatic heterocycles. The van der Waals surface area contributed by atoms with Crippen LogP contribution in [-0.2, 0) is 0 Å². The molecule has 0 amide bonds. The van der Waals surface area contributed by atoms with Gasteiger partial charge in [0.2, 0.25) is 0 Å². The van der Waals surface area contributed by atoms with E-state index in [0.717, 1.165) is 23.7 Å². The minimum Gasteiger partial charge on any atom is -0.329 e. The zero-order valence-electron chi connectivity index (χ0n) is 13.0. The van der Waals surface area contributed by atoms with E-state index in [0.29, 0.717) is 17.0 Å². The number of likely N-dealkylation sites (tertiary alicyclic amines) is 1. The van der Waals surface area contributed by atoms with Crippen LogP contribution in [0.25, 0.3) is 0 Å². The van der Waals surface area contributed by atoms with E-state index in [2.05, 4.69) is 18.7 Å². The quantitative estimate of drug-likeness (QED) is 0.833. The van der Waals surface area contributed by atoms with Crippen molar-refractivity contribution in [2.75, 3.05) is 19.6 Å². The molecule has 118 valence electrons. The van der Waals surface area contributed by atoms with Gasteiger partial charge < -0.3 is 5.73 Å². The summed E-state index contributed by atoms with van der Waals surface area (Å²) in [6.45, 7) is 7.42. The summed E-state index contributed by atoms with van der Waals surface area (Å²) in [5.41, 5.74) is 7.67. The van der Waals surface area contributed by atoms with E-state index in [9.17, 15) is 0 Å². The molecule has 1 unspecified atom stereocenters. The summed E-state index contributed by atoms with van der Waals surface area (Å²) in [6, 6.07) is 5.93. The van der Waals surface area contributed by atoms with Crippen molar-refractivity contribution in [3.8, 4) is 0 Å². The summed E-state index contributed by atoms with van der Waals surface area (Å²) in [6.07, 6.45) is 5.04. The maximum absolute atomic E-state index is 6.37. The highest BCUT2D eigenvalue weighted by atomic mass is 35.5. The van der Waals surface area contributed by atoms with Crippen LogP contribution in [0, 0.1) is 5.41 Å². The summed E-state index contributed by atoms with van der Waals surface area (Å²) in [4.78, 5) is 2.48. The molecular formula is C17H26Cl2N2. The second kappa shape index (κ2) is 7.32. The molecule has 0 radical (unpaired) electrons. The molecule has 1 fully saturated rings. The average Bonchev–Trinajstić information content (AvgIpc) is 2.51. The number of rotatable bonds is 5. The van der Waals surface area contributed by atoms with Crippen molar-refractivity contribution in [3.63, 3.8) is 0 Å². The van der Waals surface area contributed by atoms with E-state index >= 15 is 0 Å². The lowest BCUT2D eigenvalue weighted by Gasteiger charge is -2.44. The van der Waals surface area contributed by atoms with Crippen molar-refractivity contribution < 1.29 is 0 Å². The predicted molar refractivity (Wildman–Crippen MR) is 92.1 cm³/mol. The maximum Gasteiger partial charge on any atom is 0.0485 e. The summed E-state index contributed by atoms with van der Waals surface area (Å²) < 4.78 is 0. The molecule has 0 bridgehead atoms. The Morgan fingerprint density at radius 2 is 1.81 bits per heavy atom. The molecule has 0 saturated carbocycles. The first-order valence-electron chi connectivity index (χ1n) is 7.94. The second-order valence-corrected chi connectivity index (χ2v) is 7.00. The van der Waals surface area contributed by atoms with Crippen molar-refractivity contribution in [2.24, 2.45) is 11.1 Å². The molecule has 4 heteroatoms. The molecule has 2 nitrogen and oxygen atoms in total. The summed E-state index contributed by atoms with van der Waals surface area (Å²) in [5, 5.41) is 1.40. The van der Waals surface area contributed by atoms with Gasteiger partial charge in [-0.25, -0.2) is 0 Å². The van der Waals surface area contributed by atoms with Crippen LogP contribution in [0.1, 0.15) is 51.1 Å². The van der Waals surface area contributed by atoms with Crippen LogP contribution >= 0.6 is 23.2 Å². The van der Waals surface area contributed by atoms with E-state index < -0.39 is 0 Å². The summed E-state index contributed by atoms with van der Waals surface area (Å²) in [7, 11) is 0. The van der Waals surface area contributed by atoms with Gasteiger partial charge in [-0.15, -0.1) is 0 Å². The Morgan fingerprint density at radius 3 is 2.29 bits per heavy atom. The van der Waals surface area contributed by atoms with E-state index in [1.807, 2.05) is 18.2 Å². The van der Waals surface area contributed by atoms with Gasteiger partial charge in [0.15, 0.2) is 0 Å². The first-order valence-corrected chi connectivity index (χ1v) is 8.70. The summed E-state index contributed by atoms with van der Waals surface area (Å²) in [5.74, 6) is 0. The highest BCUT2D eigenvalue weighted by Gasteiger charge is 2.34. The van der Waals surface area contributed by atoms with Crippen LogP contribution in [0.3, 0.4) is 0 Å². The van der Waals surface area contributed by atoms with Crippen LogP contribution in [0.15, 0.2) is 18.2 Å². The molecule has 0 spiro atoms. The van der Waals surface area contributed by atoms with Crippen molar-refractivity contribution in [3.05, 3.63) is 33.8 Å². The van der Waals surface area contributed by atoms with Crippen molar-refractivity contribution >= 4 is 23.2 Å². The molecule has 2 rings (SSSR count). The maximum atomic E-state index is 6.37. The second-order valence-electron chi connectivity index (χ2n) is 6.16. The fraction of sp³-hybridized carbons (Fsp3) is 0.647. The largest absolute Gasteiger partial charge is 0.329 e. The molecule has 1 aliphatic rings. The van der Waals surface area contributed by atoms with Gasteiger partial charge in [0.1, 0.15) is 0 Å². The molecule has 1 aromatic rings. The normalized spacial score (nSPS) is 20.4. The molecule has 0 aliphatic carbocycles. The van der Waals surface area contributed by atoms with Gasteiger partial charge in [-0.3, -0.25) is 4.90 Å². The minimum atomic E-state index is 0.196. The van der Waals surface area contributed by atoms with Crippen LogP contribution in [-0.4, -0.2) is 24.5 Å². The third-order valence-corrected chi connectivity index (χ3v) is 5.91. The first kappa shape index (κ1) is 17.1. The standard InChI is InChI=1S/C17H26Cl2N2/c1-3-17(4-2)7-9-21(10-8-17)16(12-20)14-6-5-13(18)11-15(14)19/h5-6,11,16H,3-4,7-10,12,20H2,1-2H3. The molecule has 2 N–H and O–H groups in total. The third-order valence-electron chi connectivity index (χ3n) is 5.34. The van der Waals surface area contributed by atoms with Crippen molar-refractivity contribution in [1.29, 1.82) is 0 Å². The number of piperidine rings is 1. The zero-order chi connectivity index (χ0) is 15.5. The number of hydrogen-bond acceptors (Lipinski definition) is 2. The zero-order valence-corrected chi connectivity index (χ0v) is 14.6. The van der Waals surface area contributed by atoms with Gasteiger partial charge >= 0.3 is 0 Å². The Kier molecular flexibility index (Phi) is 5.96. The highest BCUT2D eigenvalue weighted by Crippen LogP contribution is 2.40. The molecule has 21 heavy (non-hydrogen) atoms. The smallest absolute Gasteiger partial charge is 0.0485 e. The molecular weight excluding hydrogens is 303 g/mol.